The number of rotatable bonds is 3. The van der Waals surface area contributed by atoms with Crippen molar-refractivity contribution in [3.63, 3.8) is 0 Å². The second-order valence-electron chi connectivity index (χ2n) is 6.20. The van der Waals surface area contributed by atoms with E-state index in [1.807, 2.05) is 0 Å². The van der Waals surface area contributed by atoms with Gasteiger partial charge in [-0.15, -0.1) is 0 Å². The molecule has 0 fully saturated rings. The zero-order chi connectivity index (χ0) is 13.9. The largest absolute Gasteiger partial charge is 0.385 e. The number of aryl methyl sites for hydroxylation is 1. The lowest BCUT2D eigenvalue weighted by atomic mass is 9.95. The molecule has 1 aliphatic heterocycles. The molecule has 0 atom stereocenters. The summed E-state index contributed by atoms with van der Waals surface area (Å²) in [6.07, 6.45) is 3.59. The van der Waals surface area contributed by atoms with Gasteiger partial charge >= 0.3 is 0 Å². The van der Waals surface area contributed by atoms with Crippen molar-refractivity contribution in [1.29, 1.82) is 0 Å². The van der Waals surface area contributed by atoms with E-state index in [2.05, 4.69) is 61.6 Å². The molecule has 20 heavy (non-hydrogen) atoms. The molecule has 0 saturated heterocycles. The summed E-state index contributed by atoms with van der Waals surface area (Å²) in [5.74, 6) is 0.706. The summed E-state index contributed by atoms with van der Waals surface area (Å²) >= 11 is 0. The number of hydrogen-bond acceptors (Lipinski definition) is 1. The van der Waals surface area contributed by atoms with Gasteiger partial charge in [-0.3, -0.25) is 0 Å². The molecular formula is C19H23N. The van der Waals surface area contributed by atoms with Gasteiger partial charge in [-0.25, -0.2) is 0 Å². The third kappa shape index (κ3) is 2.87. The Morgan fingerprint density at radius 3 is 2.75 bits per heavy atom. The molecule has 1 nitrogen and oxygen atoms in total. The zero-order valence-electron chi connectivity index (χ0n) is 12.4. The van der Waals surface area contributed by atoms with E-state index in [0.29, 0.717) is 5.92 Å². The Hall–Kier alpha value is -1.76. The van der Waals surface area contributed by atoms with Crippen molar-refractivity contribution in [3.05, 3.63) is 53.6 Å². The van der Waals surface area contributed by atoms with Crippen molar-refractivity contribution in [1.82, 2.24) is 0 Å². The predicted molar refractivity (Wildman–Crippen MR) is 87.2 cm³/mol. The van der Waals surface area contributed by atoms with Crippen LogP contribution in [0, 0.1) is 5.92 Å². The Morgan fingerprint density at radius 1 is 1.05 bits per heavy atom. The van der Waals surface area contributed by atoms with Crippen LogP contribution in [0.25, 0.3) is 11.1 Å². The quantitative estimate of drug-likeness (QED) is 0.831. The van der Waals surface area contributed by atoms with Crippen LogP contribution in [-0.2, 0) is 12.8 Å². The van der Waals surface area contributed by atoms with Crippen LogP contribution in [0.4, 0.5) is 5.69 Å². The third-order valence-electron chi connectivity index (χ3n) is 3.95. The number of anilines is 1. The Bertz CT molecular complexity index is 598. The first-order valence-electron chi connectivity index (χ1n) is 7.68. The van der Waals surface area contributed by atoms with Crippen molar-refractivity contribution < 1.29 is 0 Å². The number of hydrogen-bond donors (Lipinski definition) is 1. The van der Waals surface area contributed by atoms with E-state index in [9.17, 15) is 0 Å². The van der Waals surface area contributed by atoms with E-state index in [1.165, 1.54) is 40.8 Å². The summed E-state index contributed by atoms with van der Waals surface area (Å²) in [5.41, 5.74) is 6.91. The number of fused-ring (bicyclic) bond motifs is 1. The van der Waals surface area contributed by atoms with Gasteiger partial charge in [0.1, 0.15) is 0 Å². The molecule has 0 saturated carbocycles. The van der Waals surface area contributed by atoms with Crippen LogP contribution in [0.2, 0.25) is 0 Å². The van der Waals surface area contributed by atoms with Crippen LogP contribution < -0.4 is 5.32 Å². The fourth-order valence-electron chi connectivity index (χ4n) is 3.00. The zero-order valence-corrected chi connectivity index (χ0v) is 12.4. The summed E-state index contributed by atoms with van der Waals surface area (Å²) in [6, 6.07) is 15.8. The summed E-state index contributed by atoms with van der Waals surface area (Å²) in [7, 11) is 0. The van der Waals surface area contributed by atoms with E-state index < -0.39 is 0 Å². The number of benzene rings is 2. The molecule has 0 amide bonds. The summed E-state index contributed by atoms with van der Waals surface area (Å²) in [5, 5.41) is 3.48. The molecule has 0 spiro atoms. The van der Waals surface area contributed by atoms with Gasteiger partial charge in [0, 0.05) is 12.2 Å². The normalized spacial score (nSPS) is 13.9. The molecule has 0 aromatic heterocycles. The maximum absolute atomic E-state index is 3.48. The highest BCUT2D eigenvalue weighted by molar-refractivity contribution is 5.69. The molecule has 1 aliphatic rings. The van der Waals surface area contributed by atoms with E-state index >= 15 is 0 Å². The molecule has 0 radical (unpaired) electrons. The maximum atomic E-state index is 3.48. The molecule has 0 unspecified atom stereocenters. The SMILES string of the molecule is CC(C)Cc1cccc(-c2ccc3c(c2)CCCN3)c1. The molecule has 2 aromatic rings. The first-order chi connectivity index (χ1) is 9.72. The predicted octanol–water partition coefficient (Wildman–Crippen LogP) is 4.91. The highest BCUT2D eigenvalue weighted by Gasteiger charge is 2.09. The van der Waals surface area contributed by atoms with Gasteiger partial charge in [0.05, 0.1) is 0 Å². The Kier molecular flexibility index (Phi) is 3.77. The fraction of sp³-hybridized carbons (Fsp3) is 0.368. The van der Waals surface area contributed by atoms with E-state index in [0.717, 1.165) is 13.0 Å². The smallest absolute Gasteiger partial charge is 0.0373 e. The third-order valence-corrected chi connectivity index (χ3v) is 3.95. The highest BCUT2D eigenvalue weighted by atomic mass is 14.9. The second kappa shape index (κ2) is 5.70. The van der Waals surface area contributed by atoms with Crippen molar-refractivity contribution in [2.24, 2.45) is 5.92 Å². The monoisotopic (exact) mass is 265 g/mol. The maximum Gasteiger partial charge on any atom is 0.0373 e. The first kappa shape index (κ1) is 13.2. The molecule has 3 rings (SSSR count). The van der Waals surface area contributed by atoms with E-state index in [-0.39, 0.29) is 0 Å². The molecule has 104 valence electrons. The van der Waals surface area contributed by atoms with Crippen LogP contribution in [0.5, 0.6) is 0 Å². The van der Waals surface area contributed by atoms with Crippen LogP contribution in [0.3, 0.4) is 0 Å². The van der Waals surface area contributed by atoms with E-state index in [4.69, 9.17) is 0 Å². The van der Waals surface area contributed by atoms with Crippen LogP contribution in [0.1, 0.15) is 31.4 Å². The van der Waals surface area contributed by atoms with Gasteiger partial charge in [0.2, 0.25) is 0 Å². The van der Waals surface area contributed by atoms with Gasteiger partial charge in [-0.2, -0.15) is 0 Å². The van der Waals surface area contributed by atoms with Crippen LogP contribution >= 0.6 is 0 Å². The van der Waals surface area contributed by atoms with Crippen molar-refractivity contribution in [2.45, 2.75) is 33.1 Å². The standard InChI is InChI=1S/C19H23N/c1-14(2)11-15-5-3-6-16(12-15)17-8-9-19-18(13-17)7-4-10-20-19/h3,5-6,8-9,12-14,20H,4,7,10-11H2,1-2H3. The molecule has 1 N–H and O–H groups in total. The Balaban J connectivity index is 1.92. The Morgan fingerprint density at radius 2 is 1.90 bits per heavy atom. The molecule has 0 bridgehead atoms. The average Bonchev–Trinajstić information content (AvgIpc) is 2.46. The lowest BCUT2D eigenvalue weighted by molar-refractivity contribution is 0.647. The second-order valence-corrected chi connectivity index (χ2v) is 6.20. The minimum Gasteiger partial charge on any atom is -0.385 e. The van der Waals surface area contributed by atoms with Crippen molar-refractivity contribution in [3.8, 4) is 11.1 Å². The molecule has 1 heterocycles. The average molecular weight is 265 g/mol. The first-order valence-corrected chi connectivity index (χ1v) is 7.68. The van der Waals surface area contributed by atoms with Crippen LogP contribution in [-0.4, -0.2) is 6.54 Å². The topological polar surface area (TPSA) is 12.0 Å². The lowest BCUT2D eigenvalue weighted by Gasteiger charge is -2.19. The lowest BCUT2D eigenvalue weighted by Crippen LogP contribution is -2.11. The van der Waals surface area contributed by atoms with E-state index in [1.54, 1.807) is 0 Å². The molecular weight excluding hydrogens is 242 g/mol. The van der Waals surface area contributed by atoms with Gasteiger partial charge in [-0.05, 0) is 59.6 Å². The minimum atomic E-state index is 0.706. The summed E-state index contributed by atoms with van der Waals surface area (Å²) < 4.78 is 0. The van der Waals surface area contributed by atoms with Gasteiger partial charge < -0.3 is 5.32 Å². The van der Waals surface area contributed by atoms with Crippen molar-refractivity contribution in [2.75, 3.05) is 11.9 Å². The Labute approximate surface area is 122 Å². The van der Waals surface area contributed by atoms with Gasteiger partial charge in [-0.1, -0.05) is 44.2 Å². The van der Waals surface area contributed by atoms with Gasteiger partial charge in [0.15, 0.2) is 0 Å². The fourth-order valence-corrected chi connectivity index (χ4v) is 3.00. The molecule has 0 aliphatic carbocycles. The van der Waals surface area contributed by atoms with Gasteiger partial charge in [0.25, 0.3) is 0 Å². The minimum absolute atomic E-state index is 0.706. The summed E-state index contributed by atoms with van der Waals surface area (Å²) in [6.45, 7) is 5.66. The van der Waals surface area contributed by atoms with Crippen LogP contribution in [0.15, 0.2) is 42.5 Å². The molecule has 1 heteroatoms. The highest BCUT2D eigenvalue weighted by Crippen LogP contribution is 2.29. The molecule has 2 aromatic carbocycles. The number of nitrogens with one attached hydrogen (secondary N) is 1. The van der Waals surface area contributed by atoms with Crippen molar-refractivity contribution >= 4 is 5.69 Å². The summed E-state index contributed by atoms with van der Waals surface area (Å²) in [4.78, 5) is 0.